The van der Waals surface area contributed by atoms with E-state index in [0.717, 1.165) is 38.3 Å². The second kappa shape index (κ2) is 8.67. The van der Waals surface area contributed by atoms with Gasteiger partial charge in [-0.25, -0.2) is 0 Å². The maximum Gasteiger partial charge on any atom is 0.140 e. The molecule has 120 valence electrons. The van der Waals surface area contributed by atoms with Crippen molar-refractivity contribution in [3.05, 3.63) is 17.5 Å². The molecule has 6 heteroatoms. The molecule has 1 heterocycles. The van der Waals surface area contributed by atoms with Gasteiger partial charge in [0, 0.05) is 32.6 Å². The summed E-state index contributed by atoms with van der Waals surface area (Å²) in [6, 6.07) is 2.18. The lowest BCUT2D eigenvalue weighted by molar-refractivity contribution is 0.234. The van der Waals surface area contributed by atoms with Crippen LogP contribution in [0.4, 0.5) is 0 Å². The fourth-order valence-corrected chi connectivity index (χ4v) is 2.39. The number of amidine groups is 1. The fourth-order valence-electron chi connectivity index (χ4n) is 2.39. The summed E-state index contributed by atoms with van der Waals surface area (Å²) in [4.78, 5) is 2.34. The zero-order valence-corrected chi connectivity index (χ0v) is 13.7. The predicted octanol–water partition coefficient (Wildman–Crippen LogP) is 2.06. The summed E-state index contributed by atoms with van der Waals surface area (Å²) in [5.41, 5.74) is 7.95. The fraction of sp³-hybridized carbons (Fsp3) is 0.733. The van der Waals surface area contributed by atoms with E-state index in [2.05, 4.69) is 53.6 Å². The highest BCUT2D eigenvalue weighted by molar-refractivity contribution is 5.79. The molecule has 21 heavy (non-hydrogen) atoms. The molecule has 0 radical (unpaired) electrons. The second-order valence-electron chi connectivity index (χ2n) is 5.77. The lowest BCUT2D eigenvalue weighted by Gasteiger charge is -2.24. The zero-order chi connectivity index (χ0) is 15.8. The Labute approximate surface area is 127 Å². The SMILES string of the molecule is CCc1cc(CN(CCC(N)=NO)CC(C)C)n(CC)n1. The third kappa shape index (κ3) is 5.75. The molecule has 0 atom stereocenters. The molecule has 6 nitrogen and oxygen atoms in total. The average molecular weight is 295 g/mol. The molecule has 1 rings (SSSR count). The number of rotatable bonds is 9. The number of nitrogens with two attached hydrogens (primary N) is 1. The van der Waals surface area contributed by atoms with Crippen LogP contribution in [0.1, 0.15) is 45.5 Å². The summed E-state index contributed by atoms with van der Waals surface area (Å²) in [6.45, 7) is 12.1. The minimum absolute atomic E-state index is 0.280. The largest absolute Gasteiger partial charge is 0.409 e. The van der Waals surface area contributed by atoms with Crippen LogP contribution < -0.4 is 5.73 Å². The van der Waals surface area contributed by atoms with Gasteiger partial charge in [0.15, 0.2) is 0 Å². The summed E-state index contributed by atoms with van der Waals surface area (Å²) >= 11 is 0. The van der Waals surface area contributed by atoms with Crippen molar-refractivity contribution in [1.29, 1.82) is 0 Å². The first-order valence-electron chi connectivity index (χ1n) is 7.74. The van der Waals surface area contributed by atoms with Crippen LogP contribution >= 0.6 is 0 Å². The Bertz CT molecular complexity index is 453. The van der Waals surface area contributed by atoms with Gasteiger partial charge < -0.3 is 10.9 Å². The first-order valence-corrected chi connectivity index (χ1v) is 7.74. The maximum absolute atomic E-state index is 8.67. The summed E-state index contributed by atoms with van der Waals surface area (Å²) in [7, 11) is 0. The molecule has 0 aliphatic carbocycles. The minimum atomic E-state index is 0.280. The lowest BCUT2D eigenvalue weighted by Crippen LogP contribution is -2.32. The molecule has 0 aliphatic heterocycles. The molecule has 3 N–H and O–H groups in total. The van der Waals surface area contributed by atoms with Gasteiger partial charge in [-0.2, -0.15) is 5.10 Å². The summed E-state index contributed by atoms with van der Waals surface area (Å²) in [5, 5.41) is 16.3. The standard InChI is InChI=1S/C15H29N5O/c1-5-13-9-14(20(6-2)17-13)11-19(10-12(3)4)8-7-15(16)18-21/h9,12,21H,5-8,10-11H2,1-4H3,(H2,16,18). The Morgan fingerprint density at radius 3 is 2.71 bits per heavy atom. The lowest BCUT2D eigenvalue weighted by atomic mass is 10.2. The van der Waals surface area contributed by atoms with Gasteiger partial charge in [0.25, 0.3) is 0 Å². The molecule has 0 spiro atoms. The maximum atomic E-state index is 8.67. The number of hydrogen-bond acceptors (Lipinski definition) is 4. The first-order chi connectivity index (χ1) is 9.99. The average Bonchev–Trinajstić information content (AvgIpc) is 2.85. The van der Waals surface area contributed by atoms with Crippen LogP contribution in [-0.4, -0.2) is 38.8 Å². The van der Waals surface area contributed by atoms with E-state index in [1.807, 2.05) is 0 Å². The smallest absolute Gasteiger partial charge is 0.140 e. The zero-order valence-electron chi connectivity index (χ0n) is 13.7. The van der Waals surface area contributed by atoms with Gasteiger partial charge in [-0.1, -0.05) is 25.9 Å². The minimum Gasteiger partial charge on any atom is -0.409 e. The van der Waals surface area contributed by atoms with E-state index >= 15 is 0 Å². The van der Waals surface area contributed by atoms with Crippen molar-refractivity contribution in [2.45, 2.75) is 53.6 Å². The van der Waals surface area contributed by atoms with Crippen molar-refractivity contribution in [3.63, 3.8) is 0 Å². The van der Waals surface area contributed by atoms with E-state index in [1.54, 1.807) is 0 Å². The van der Waals surface area contributed by atoms with E-state index in [1.165, 1.54) is 5.69 Å². The summed E-state index contributed by atoms with van der Waals surface area (Å²) < 4.78 is 2.07. The Morgan fingerprint density at radius 2 is 2.19 bits per heavy atom. The van der Waals surface area contributed by atoms with Crippen LogP contribution in [0.5, 0.6) is 0 Å². The molecule has 0 unspecified atom stereocenters. The van der Waals surface area contributed by atoms with E-state index in [0.29, 0.717) is 12.3 Å². The Hall–Kier alpha value is -1.56. The quantitative estimate of drug-likeness (QED) is 0.316. The Balaban J connectivity index is 2.77. The number of hydrogen-bond donors (Lipinski definition) is 2. The van der Waals surface area contributed by atoms with E-state index < -0.39 is 0 Å². The number of aryl methyl sites for hydroxylation is 2. The van der Waals surface area contributed by atoms with Gasteiger partial charge >= 0.3 is 0 Å². The Morgan fingerprint density at radius 1 is 1.48 bits per heavy atom. The van der Waals surface area contributed by atoms with Crippen molar-refractivity contribution in [2.75, 3.05) is 13.1 Å². The van der Waals surface area contributed by atoms with E-state index in [9.17, 15) is 0 Å². The molecule has 1 aromatic rings. The molecule has 1 aromatic heterocycles. The third-order valence-corrected chi connectivity index (χ3v) is 3.40. The van der Waals surface area contributed by atoms with Crippen LogP contribution in [0, 0.1) is 5.92 Å². The van der Waals surface area contributed by atoms with E-state index in [-0.39, 0.29) is 5.84 Å². The van der Waals surface area contributed by atoms with Crippen molar-refractivity contribution >= 4 is 5.84 Å². The molecular weight excluding hydrogens is 266 g/mol. The number of oxime groups is 1. The third-order valence-electron chi connectivity index (χ3n) is 3.40. The van der Waals surface area contributed by atoms with E-state index in [4.69, 9.17) is 10.9 Å². The van der Waals surface area contributed by atoms with Gasteiger partial charge in [0.2, 0.25) is 0 Å². The highest BCUT2D eigenvalue weighted by atomic mass is 16.4. The van der Waals surface area contributed by atoms with Gasteiger partial charge in [0.1, 0.15) is 5.84 Å². The van der Waals surface area contributed by atoms with Crippen molar-refractivity contribution < 1.29 is 5.21 Å². The monoisotopic (exact) mass is 295 g/mol. The van der Waals surface area contributed by atoms with Gasteiger partial charge in [-0.3, -0.25) is 9.58 Å². The number of aromatic nitrogens is 2. The van der Waals surface area contributed by atoms with Crippen LogP contribution in [0.2, 0.25) is 0 Å². The van der Waals surface area contributed by atoms with Gasteiger partial charge in [0.05, 0.1) is 11.4 Å². The molecule has 0 bridgehead atoms. The van der Waals surface area contributed by atoms with Crippen molar-refractivity contribution in [1.82, 2.24) is 14.7 Å². The molecule has 0 aliphatic rings. The normalized spacial score (nSPS) is 12.6. The molecule has 0 saturated carbocycles. The highest BCUT2D eigenvalue weighted by Crippen LogP contribution is 2.11. The first kappa shape index (κ1) is 17.5. The van der Waals surface area contributed by atoms with Gasteiger partial charge in [-0.05, 0) is 25.3 Å². The van der Waals surface area contributed by atoms with Crippen molar-refractivity contribution in [3.8, 4) is 0 Å². The topological polar surface area (TPSA) is 79.7 Å². The van der Waals surface area contributed by atoms with Gasteiger partial charge in [-0.15, -0.1) is 0 Å². The van der Waals surface area contributed by atoms with Crippen LogP contribution in [0.25, 0.3) is 0 Å². The molecule has 0 amide bonds. The molecule has 0 saturated heterocycles. The van der Waals surface area contributed by atoms with Crippen LogP contribution in [0.15, 0.2) is 11.2 Å². The number of nitrogens with zero attached hydrogens (tertiary/aromatic N) is 4. The second-order valence-corrected chi connectivity index (χ2v) is 5.77. The van der Waals surface area contributed by atoms with Crippen molar-refractivity contribution in [2.24, 2.45) is 16.8 Å². The predicted molar refractivity (Wildman–Crippen MR) is 85.4 cm³/mol. The Kier molecular flexibility index (Phi) is 7.22. The molecule has 0 fully saturated rings. The van der Waals surface area contributed by atoms with Crippen LogP contribution in [0.3, 0.4) is 0 Å². The van der Waals surface area contributed by atoms with Crippen LogP contribution in [-0.2, 0) is 19.5 Å². The summed E-state index contributed by atoms with van der Waals surface area (Å²) in [5.74, 6) is 0.850. The summed E-state index contributed by atoms with van der Waals surface area (Å²) in [6.07, 6.45) is 1.53. The molecular formula is C15H29N5O. The molecule has 0 aromatic carbocycles. The highest BCUT2D eigenvalue weighted by Gasteiger charge is 2.13.